The third-order valence-electron chi connectivity index (χ3n) is 4.60. The minimum absolute atomic E-state index is 0.242. The number of rotatable bonds is 5. The van der Waals surface area contributed by atoms with Crippen LogP contribution in [0.4, 0.5) is 0 Å². The fourth-order valence-electron chi connectivity index (χ4n) is 3.45. The Labute approximate surface area is 141 Å². The molecule has 3 aromatic rings. The zero-order valence-electron chi connectivity index (χ0n) is 13.9. The number of aromatic nitrogens is 3. The standard InChI is InChI=1S/C19H22N4O/c1-2-23-18-6-4-3-5-17(18)21-19(23)14-22-12-9-16(13-22)24-15-7-10-20-11-8-15/h3-8,10-11,16H,2,9,12-14H2,1H3/t16-/m1/s1. The lowest BCUT2D eigenvalue weighted by Crippen LogP contribution is -2.26. The minimum Gasteiger partial charge on any atom is -0.489 e. The molecule has 2 aromatic heterocycles. The van der Waals surface area contributed by atoms with Crippen LogP contribution < -0.4 is 4.74 Å². The lowest BCUT2D eigenvalue weighted by atomic mass is 10.3. The highest BCUT2D eigenvalue weighted by atomic mass is 16.5. The maximum atomic E-state index is 6.05. The van der Waals surface area contributed by atoms with Crippen molar-refractivity contribution in [2.75, 3.05) is 13.1 Å². The molecule has 1 aliphatic heterocycles. The molecule has 5 nitrogen and oxygen atoms in total. The fourth-order valence-corrected chi connectivity index (χ4v) is 3.45. The lowest BCUT2D eigenvalue weighted by molar-refractivity contribution is 0.196. The Morgan fingerprint density at radius 1 is 1.17 bits per heavy atom. The molecule has 0 unspecified atom stereocenters. The zero-order valence-corrected chi connectivity index (χ0v) is 13.9. The molecular formula is C19H22N4O. The maximum absolute atomic E-state index is 6.05. The van der Waals surface area contributed by atoms with Gasteiger partial charge < -0.3 is 9.30 Å². The average Bonchev–Trinajstić information content (AvgIpc) is 3.19. The van der Waals surface area contributed by atoms with Crippen molar-refractivity contribution in [1.82, 2.24) is 19.4 Å². The smallest absolute Gasteiger partial charge is 0.124 e. The Bertz CT molecular complexity index is 815. The predicted octanol–water partition coefficient (Wildman–Crippen LogP) is 3.10. The number of ether oxygens (including phenoxy) is 1. The molecule has 0 aliphatic carbocycles. The van der Waals surface area contributed by atoms with Crippen LogP contribution in [-0.4, -0.2) is 38.6 Å². The van der Waals surface area contributed by atoms with Gasteiger partial charge in [-0.15, -0.1) is 0 Å². The first kappa shape index (κ1) is 15.1. The van der Waals surface area contributed by atoms with E-state index in [-0.39, 0.29) is 6.10 Å². The molecule has 3 heterocycles. The van der Waals surface area contributed by atoms with E-state index in [0.717, 1.165) is 49.7 Å². The van der Waals surface area contributed by atoms with Gasteiger partial charge in [-0.05, 0) is 37.6 Å². The van der Waals surface area contributed by atoms with E-state index in [4.69, 9.17) is 9.72 Å². The molecular weight excluding hydrogens is 300 g/mol. The number of likely N-dealkylation sites (tertiary alicyclic amines) is 1. The molecule has 1 saturated heterocycles. The van der Waals surface area contributed by atoms with Crippen molar-refractivity contribution >= 4 is 11.0 Å². The first-order chi connectivity index (χ1) is 11.8. The first-order valence-electron chi connectivity index (χ1n) is 8.56. The van der Waals surface area contributed by atoms with Crippen LogP contribution in [0.1, 0.15) is 19.2 Å². The van der Waals surface area contributed by atoms with E-state index in [1.54, 1.807) is 12.4 Å². The molecule has 4 rings (SSSR count). The number of imidazole rings is 1. The van der Waals surface area contributed by atoms with Gasteiger partial charge in [-0.1, -0.05) is 12.1 Å². The molecule has 0 bridgehead atoms. The highest BCUT2D eigenvalue weighted by Crippen LogP contribution is 2.21. The van der Waals surface area contributed by atoms with Crippen LogP contribution >= 0.6 is 0 Å². The highest BCUT2D eigenvalue weighted by Gasteiger charge is 2.25. The van der Waals surface area contributed by atoms with Gasteiger partial charge in [-0.3, -0.25) is 9.88 Å². The van der Waals surface area contributed by atoms with Crippen molar-refractivity contribution in [3.05, 3.63) is 54.6 Å². The number of para-hydroxylation sites is 2. The Morgan fingerprint density at radius 3 is 2.83 bits per heavy atom. The summed E-state index contributed by atoms with van der Waals surface area (Å²) in [5, 5.41) is 0. The highest BCUT2D eigenvalue weighted by molar-refractivity contribution is 5.75. The number of pyridine rings is 1. The number of benzene rings is 1. The molecule has 0 spiro atoms. The van der Waals surface area contributed by atoms with E-state index in [1.165, 1.54) is 5.52 Å². The van der Waals surface area contributed by atoms with Crippen molar-refractivity contribution in [3.63, 3.8) is 0 Å². The SMILES string of the molecule is CCn1c(CN2CC[C@@H](Oc3ccncc3)C2)nc2ccccc21. The van der Waals surface area contributed by atoms with E-state index < -0.39 is 0 Å². The van der Waals surface area contributed by atoms with Crippen molar-refractivity contribution in [1.29, 1.82) is 0 Å². The Hall–Kier alpha value is -2.40. The lowest BCUT2D eigenvalue weighted by Gasteiger charge is -2.17. The third kappa shape index (κ3) is 2.99. The summed E-state index contributed by atoms with van der Waals surface area (Å²) in [4.78, 5) is 11.3. The van der Waals surface area contributed by atoms with Crippen molar-refractivity contribution in [2.24, 2.45) is 0 Å². The summed E-state index contributed by atoms with van der Waals surface area (Å²) in [5.41, 5.74) is 2.30. The Kier molecular flexibility index (Phi) is 4.17. The normalized spacial score (nSPS) is 18.3. The third-order valence-corrected chi connectivity index (χ3v) is 4.60. The summed E-state index contributed by atoms with van der Waals surface area (Å²) in [6, 6.07) is 12.2. The van der Waals surface area contributed by atoms with Crippen LogP contribution in [0.5, 0.6) is 5.75 Å². The van der Waals surface area contributed by atoms with Crippen LogP contribution in [-0.2, 0) is 13.1 Å². The molecule has 1 aromatic carbocycles. The summed E-state index contributed by atoms with van der Waals surface area (Å²) < 4.78 is 8.36. The first-order valence-corrected chi connectivity index (χ1v) is 8.56. The zero-order chi connectivity index (χ0) is 16.4. The number of nitrogens with zero attached hydrogens (tertiary/aromatic N) is 4. The van der Waals surface area contributed by atoms with Gasteiger partial charge in [0.2, 0.25) is 0 Å². The summed E-state index contributed by atoms with van der Waals surface area (Å²) in [5.74, 6) is 2.04. The largest absolute Gasteiger partial charge is 0.489 e. The van der Waals surface area contributed by atoms with Crippen LogP contribution in [0.25, 0.3) is 11.0 Å². The maximum Gasteiger partial charge on any atom is 0.124 e. The minimum atomic E-state index is 0.242. The van der Waals surface area contributed by atoms with Gasteiger partial charge in [0, 0.05) is 32.0 Å². The van der Waals surface area contributed by atoms with E-state index in [9.17, 15) is 0 Å². The average molecular weight is 322 g/mol. The number of aryl methyl sites for hydroxylation is 1. The molecule has 24 heavy (non-hydrogen) atoms. The molecule has 0 saturated carbocycles. The van der Waals surface area contributed by atoms with E-state index in [0.29, 0.717) is 0 Å². The van der Waals surface area contributed by atoms with Gasteiger partial charge in [0.25, 0.3) is 0 Å². The monoisotopic (exact) mass is 322 g/mol. The summed E-state index contributed by atoms with van der Waals surface area (Å²) in [6.45, 7) is 5.98. The molecule has 1 fully saturated rings. The van der Waals surface area contributed by atoms with Gasteiger partial charge in [-0.25, -0.2) is 4.98 Å². The van der Waals surface area contributed by atoms with Gasteiger partial charge in [0.15, 0.2) is 0 Å². The Balaban J connectivity index is 1.45. The number of hydrogen-bond acceptors (Lipinski definition) is 4. The number of hydrogen-bond donors (Lipinski definition) is 0. The van der Waals surface area contributed by atoms with Gasteiger partial charge >= 0.3 is 0 Å². The second-order valence-corrected chi connectivity index (χ2v) is 6.21. The molecule has 0 N–H and O–H groups in total. The van der Waals surface area contributed by atoms with Crippen LogP contribution in [0.3, 0.4) is 0 Å². The molecule has 124 valence electrons. The quantitative estimate of drug-likeness (QED) is 0.724. The second kappa shape index (κ2) is 6.61. The van der Waals surface area contributed by atoms with Gasteiger partial charge in [-0.2, -0.15) is 0 Å². The van der Waals surface area contributed by atoms with Gasteiger partial charge in [0.1, 0.15) is 17.7 Å². The van der Waals surface area contributed by atoms with E-state index >= 15 is 0 Å². The molecule has 1 aliphatic rings. The van der Waals surface area contributed by atoms with Crippen LogP contribution in [0.2, 0.25) is 0 Å². The molecule has 0 amide bonds. The van der Waals surface area contributed by atoms with Crippen molar-refractivity contribution in [3.8, 4) is 5.75 Å². The topological polar surface area (TPSA) is 43.2 Å². The summed E-state index contributed by atoms with van der Waals surface area (Å²) in [7, 11) is 0. The molecule has 0 radical (unpaired) electrons. The second-order valence-electron chi connectivity index (χ2n) is 6.21. The van der Waals surface area contributed by atoms with E-state index in [2.05, 4.69) is 39.6 Å². The molecule has 5 heteroatoms. The predicted molar refractivity (Wildman–Crippen MR) is 94.0 cm³/mol. The van der Waals surface area contributed by atoms with Crippen molar-refractivity contribution < 1.29 is 4.74 Å². The van der Waals surface area contributed by atoms with Gasteiger partial charge in [0.05, 0.1) is 17.6 Å². The fraction of sp³-hybridized carbons (Fsp3) is 0.368. The Morgan fingerprint density at radius 2 is 2.00 bits per heavy atom. The summed E-state index contributed by atoms with van der Waals surface area (Å²) >= 11 is 0. The van der Waals surface area contributed by atoms with Crippen LogP contribution in [0.15, 0.2) is 48.8 Å². The van der Waals surface area contributed by atoms with E-state index in [1.807, 2.05) is 18.2 Å². The molecule has 1 atom stereocenters. The number of fused-ring (bicyclic) bond motifs is 1. The van der Waals surface area contributed by atoms with Crippen molar-refractivity contribution in [2.45, 2.75) is 32.5 Å². The summed E-state index contributed by atoms with van der Waals surface area (Å²) in [6.07, 6.45) is 4.83. The van der Waals surface area contributed by atoms with Crippen LogP contribution in [0, 0.1) is 0 Å².